The van der Waals surface area contributed by atoms with E-state index in [2.05, 4.69) is 14.5 Å². The third kappa shape index (κ3) is 8.06. The molecule has 0 amide bonds. The van der Waals surface area contributed by atoms with Crippen LogP contribution >= 0.6 is 21.6 Å². The summed E-state index contributed by atoms with van der Waals surface area (Å²) >= 11 is 0. The summed E-state index contributed by atoms with van der Waals surface area (Å²) in [5.41, 5.74) is 0. The predicted octanol–water partition coefficient (Wildman–Crippen LogP) is 3.69. The SMILES string of the molecule is CCOC(=O)OC(=O)CCCCSSc1ccccn1. The van der Waals surface area contributed by atoms with Crippen molar-refractivity contribution in [1.29, 1.82) is 0 Å². The van der Waals surface area contributed by atoms with Crippen molar-refractivity contribution in [2.24, 2.45) is 0 Å². The van der Waals surface area contributed by atoms with E-state index in [4.69, 9.17) is 0 Å². The van der Waals surface area contributed by atoms with Crippen LogP contribution in [0.3, 0.4) is 0 Å². The molecule has 20 heavy (non-hydrogen) atoms. The maximum Gasteiger partial charge on any atom is 0.516 e. The molecule has 0 radical (unpaired) electrons. The van der Waals surface area contributed by atoms with Gasteiger partial charge in [-0.05, 0) is 42.7 Å². The number of nitrogens with zero attached hydrogens (tertiary/aromatic N) is 1. The molecule has 0 aromatic carbocycles. The third-order valence-electron chi connectivity index (χ3n) is 2.10. The molecule has 1 aromatic heterocycles. The Hall–Kier alpha value is -1.21. The van der Waals surface area contributed by atoms with Crippen molar-refractivity contribution in [2.45, 2.75) is 31.2 Å². The lowest BCUT2D eigenvalue weighted by Crippen LogP contribution is -2.13. The average molecular weight is 315 g/mol. The first-order valence-electron chi connectivity index (χ1n) is 6.30. The molecule has 0 aliphatic rings. The van der Waals surface area contributed by atoms with Crippen LogP contribution in [0, 0.1) is 0 Å². The molecule has 0 saturated carbocycles. The highest BCUT2D eigenvalue weighted by Gasteiger charge is 2.10. The van der Waals surface area contributed by atoms with Gasteiger partial charge in [0.05, 0.1) is 6.61 Å². The zero-order valence-corrected chi connectivity index (χ0v) is 12.9. The number of carbonyl (C=O) groups excluding carboxylic acids is 2. The van der Waals surface area contributed by atoms with Gasteiger partial charge in [0.15, 0.2) is 0 Å². The first-order chi connectivity index (χ1) is 9.72. The maximum atomic E-state index is 11.2. The molecule has 5 nitrogen and oxygen atoms in total. The maximum absolute atomic E-state index is 11.2. The molecule has 0 atom stereocenters. The zero-order chi connectivity index (χ0) is 14.6. The van der Waals surface area contributed by atoms with Gasteiger partial charge in [0.2, 0.25) is 0 Å². The second-order valence-electron chi connectivity index (χ2n) is 3.69. The number of rotatable bonds is 8. The van der Waals surface area contributed by atoms with Crippen molar-refractivity contribution in [3.05, 3.63) is 24.4 Å². The molecule has 0 saturated heterocycles. The van der Waals surface area contributed by atoms with Crippen LogP contribution in [0.2, 0.25) is 0 Å². The van der Waals surface area contributed by atoms with Gasteiger partial charge in [-0.2, -0.15) is 0 Å². The van der Waals surface area contributed by atoms with Crippen molar-refractivity contribution in [3.8, 4) is 0 Å². The van der Waals surface area contributed by atoms with Crippen LogP contribution in [0.25, 0.3) is 0 Å². The highest BCUT2D eigenvalue weighted by Crippen LogP contribution is 2.29. The van der Waals surface area contributed by atoms with Crippen LogP contribution in [0.4, 0.5) is 4.79 Å². The molecule has 0 aliphatic heterocycles. The Labute approximate surface area is 126 Å². The van der Waals surface area contributed by atoms with E-state index in [0.717, 1.165) is 17.2 Å². The summed E-state index contributed by atoms with van der Waals surface area (Å²) in [6.07, 6.45) is 2.64. The fraction of sp³-hybridized carbons (Fsp3) is 0.462. The van der Waals surface area contributed by atoms with E-state index >= 15 is 0 Å². The molecular weight excluding hydrogens is 298 g/mol. The van der Waals surface area contributed by atoms with E-state index in [-0.39, 0.29) is 13.0 Å². The number of hydrogen-bond acceptors (Lipinski definition) is 7. The van der Waals surface area contributed by atoms with E-state index < -0.39 is 12.1 Å². The molecule has 0 N–H and O–H groups in total. The van der Waals surface area contributed by atoms with E-state index in [0.29, 0.717) is 6.42 Å². The molecule has 0 unspecified atom stereocenters. The second kappa shape index (κ2) is 10.6. The highest BCUT2D eigenvalue weighted by atomic mass is 33.1. The lowest BCUT2D eigenvalue weighted by molar-refractivity contribution is -0.139. The summed E-state index contributed by atoms with van der Waals surface area (Å²) in [6.45, 7) is 1.86. The summed E-state index contributed by atoms with van der Waals surface area (Å²) in [5, 5.41) is 0.972. The quantitative estimate of drug-likeness (QED) is 0.314. The molecule has 1 rings (SSSR count). The summed E-state index contributed by atoms with van der Waals surface area (Å²) in [6, 6.07) is 5.78. The summed E-state index contributed by atoms with van der Waals surface area (Å²) < 4.78 is 8.95. The van der Waals surface area contributed by atoms with Crippen LogP contribution in [0.5, 0.6) is 0 Å². The second-order valence-corrected chi connectivity index (χ2v) is 6.12. The molecule has 0 fully saturated rings. The first kappa shape index (κ1) is 16.8. The molecule has 0 aliphatic carbocycles. The van der Waals surface area contributed by atoms with Gasteiger partial charge in [-0.25, -0.2) is 9.78 Å². The Morgan fingerprint density at radius 3 is 2.85 bits per heavy atom. The minimum Gasteiger partial charge on any atom is -0.434 e. The number of ether oxygens (including phenoxy) is 2. The predicted molar refractivity (Wildman–Crippen MR) is 79.5 cm³/mol. The van der Waals surface area contributed by atoms with E-state index in [9.17, 15) is 9.59 Å². The number of esters is 1. The van der Waals surface area contributed by atoms with Crippen LogP contribution in [-0.2, 0) is 14.3 Å². The summed E-state index contributed by atoms with van der Waals surface area (Å²) in [5.74, 6) is 0.374. The first-order valence-corrected chi connectivity index (χ1v) is 8.62. The Balaban J connectivity index is 1.99. The minimum atomic E-state index is -0.919. The molecule has 1 heterocycles. The number of hydrogen-bond donors (Lipinski definition) is 0. The lowest BCUT2D eigenvalue weighted by atomic mass is 10.2. The Morgan fingerprint density at radius 1 is 1.30 bits per heavy atom. The fourth-order valence-electron chi connectivity index (χ4n) is 1.22. The normalized spacial score (nSPS) is 10.1. The van der Waals surface area contributed by atoms with E-state index in [1.807, 2.05) is 18.2 Å². The van der Waals surface area contributed by atoms with Crippen molar-refractivity contribution in [2.75, 3.05) is 12.4 Å². The van der Waals surface area contributed by atoms with Crippen LogP contribution in [0.1, 0.15) is 26.2 Å². The van der Waals surface area contributed by atoms with Crippen molar-refractivity contribution in [1.82, 2.24) is 4.98 Å². The minimum absolute atomic E-state index is 0.202. The molecule has 0 spiro atoms. The van der Waals surface area contributed by atoms with Crippen molar-refractivity contribution >= 4 is 33.7 Å². The van der Waals surface area contributed by atoms with Crippen molar-refractivity contribution < 1.29 is 19.1 Å². The number of carbonyl (C=O) groups is 2. The molecular formula is C13H17NO4S2. The molecule has 7 heteroatoms. The van der Waals surface area contributed by atoms with Gasteiger partial charge in [0.1, 0.15) is 5.03 Å². The summed E-state index contributed by atoms with van der Waals surface area (Å²) in [7, 11) is 3.30. The van der Waals surface area contributed by atoms with Gasteiger partial charge in [0.25, 0.3) is 0 Å². The van der Waals surface area contributed by atoms with E-state index in [1.165, 1.54) is 0 Å². The highest BCUT2D eigenvalue weighted by molar-refractivity contribution is 8.76. The zero-order valence-electron chi connectivity index (χ0n) is 11.2. The van der Waals surface area contributed by atoms with Gasteiger partial charge < -0.3 is 9.47 Å². The Morgan fingerprint density at radius 2 is 2.15 bits per heavy atom. The summed E-state index contributed by atoms with van der Waals surface area (Å²) in [4.78, 5) is 26.3. The van der Waals surface area contributed by atoms with Crippen LogP contribution in [-0.4, -0.2) is 29.5 Å². The number of unbranched alkanes of at least 4 members (excludes halogenated alkanes) is 1. The third-order valence-corrected chi connectivity index (χ3v) is 4.45. The van der Waals surface area contributed by atoms with Crippen LogP contribution < -0.4 is 0 Å². The lowest BCUT2D eigenvalue weighted by Gasteiger charge is -2.03. The van der Waals surface area contributed by atoms with Crippen molar-refractivity contribution in [3.63, 3.8) is 0 Å². The monoisotopic (exact) mass is 315 g/mol. The van der Waals surface area contributed by atoms with Gasteiger partial charge in [0, 0.05) is 18.4 Å². The van der Waals surface area contributed by atoms with Gasteiger partial charge in [-0.3, -0.25) is 4.79 Å². The van der Waals surface area contributed by atoms with Gasteiger partial charge >= 0.3 is 12.1 Å². The van der Waals surface area contributed by atoms with Gasteiger partial charge in [-0.1, -0.05) is 16.9 Å². The standard InChI is InChI=1S/C13H17NO4S2/c1-2-17-13(16)18-12(15)8-4-6-10-19-20-11-7-3-5-9-14-11/h3,5,7,9H,2,4,6,8,10H2,1H3. The largest absolute Gasteiger partial charge is 0.516 e. The number of pyridine rings is 1. The smallest absolute Gasteiger partial charge is 0.434 e. The topological polar surface area (TPSA) is 65.5 Å². The molecule has 0 bridgehead atoms. The fourth-order valence-corrected chi connectivity index (χ4v) is 3.25. The van der Waals surface area contributed by atoms with Crippen LogP contribution in [0.15, 0.2) is 29.4 Å². The molecule has 110 valence electrons. The average Bonchev–Trinajstić information content (AvgIpc) is 2.44. The van der Waals surface area contributed by atoms with E-state index in [1.54, 1.807) is 34.7 Å². The Bertz CT molecular complexity index is 414. The Kier molecular flexibility index (Phi) is 8.90. The molecule has 1 aromatic rings. The van der Waals surface area contributed by atoms with Gasteiger partial charge in [-0.15, -0.1) is 0 Å². The number of aromatic nitrogens is 1.